The molecule has 1 amide bonds. The van der Waals surface area contributed by atoms with E-state index in [2.05, 4.69) is 15.3 Å². The lowest BCUT2D eigenvalue weighted by molar-refractivity contribution is -0.00610. The van der Waals surface area contributed by atoms with Crippen LogP contribution in [-0.2, 0) is 16.7 Å². The van der Waals surface area contributed by atoms with Crippen molar-refractivity contribution < 1.29 is 9.53 Å². The molecule has 2 bridgehead atoms. The molecule has 3 aliphatic heterocycles. The molecule has 2 saturated heterocycles. The second-order valence-corrected chi connectivity index (χ2v) is 8.17. The molecule has 2 unspecified atom stereocenters. The van der Waals surface area contributed by atoms with E-state index in [0.717, 1.165) is 38.6 Å². The maximum absolute atomic E-state index is 12.6. The third-order valence-corrected chi connectivity index (χ3v) is 5.40. The monoisotopic (exact) mass is 318 g/mol. The molecule has 6 nitrogen and oxygen atoms in total. The van der Waals surface area contributed by atoms with Crippen LogP contribution in [-0.4, -0.2) is 45.2 Å². The fourth-order valence-electron chi connectivity index (χ4n) is 4.63. The van der Waals surface area contributed by atoms with Crippen molar-refractivity contribution in [2.75, 3.05) is 6.54 Å². The van der Waals surface area contributed by atoms with Gasteiger partial charge in [0.1, 0.15) is 5.60 Å². The molecule has 0 aromatic carbocycles. The summed E-state index contributed by atoms with van der Waals surface area (Å²) in [6.45, 7) is 6.76. The van der Waals surface area contributed by atoms with Crippen LogP contribution in [0.5, 0.6) is 0 Å². The molecule has 0 radical (unpaired) electrons. The first kappa shape index (κ1) is 15.0. The summed E-state index contributed by atoms with van der Waals surface area (Å²) in [6.07, 6.45) is 6.64. The number of rotatable bonds is 0. The maximum Gasteiger partial charge on any atom is 0.410 e. The summed E-state index contributed by atoms with van der Waals surface area (Å²) in [5.74, 6) is 0. The Labute approximate surface area is 137 Å². The quantitative estimate of drug-likeness (QED) is 0.770. The molecule has 0 saturated carbocycles. The van der Waals surface area contributed by atoms with E-state index in [1.807, 2.05) is 32.0 Å². The number of amides is 1. The number of hydrogen-bond donors (Lipinski definition) is 2. The molecule has 6 heteroatoms. The molecule has 126 valence electrons. The van der Waals surface area contributed by atoms with E-state index in [0.29, 0.717) is 0 Å². The number of imidazole rings is 1. The number of nitrogens with zero attached hydrogens (tertiary/aromatic N) is 2. The summed E-state index contributed by atoms with van der Waals surface area (Å²) in [5.41, 5.74) is 1.92. The molecule has 2 N–H and O–H groups in total. The van der Waals surface area contributed by atoms with Gasteiger partial charge in [0.15, 0.2) is 0 Å². The molecule has 2 atom stereocenters. The van der Waals surface area contributed by atoms with Gasteiger partial charge in [-0.25, -0.2) is 9.78 Å². The predicted molar refractivity (Wildman–Crippen MR) is 86.1 cm³/mol. The summed E-state index contributed by atoms with van der Waals surface area (Å²) >= 11 is 0. The number of carbonyl (C=O) groups is 1. The Morgan fingerprint density at radius 3 is 2.70 bits per heavy atom. The number of aromatic amines is 1. The van der Waals surface area contributed by atoms with Crippen molar-refractivity contribution in [3.8, 4) is 0 Å². The number of aromatic nitrogens is 2. The summed E-state index contributed by atoms with van der Waals surface area (Å²) in [5, 5.41) is 3.72. The number of piperidine rings is 1. The van der Waals surface area contributed by atoms with Crippen LogP contribution in [0.3, 0.4) is 0 Å². The van der Waals surface area contributed by atoms with Crippen molar-refractivity contribution in [2.24, 2.45) is 0 Å². The van der Waals surface area contributed by atoms with E-state index in [-0.39, 0.29) is 23.7 Å². The molecule has 4 rings (SSSR count). The van der Waals surface area contributed by atoms with Gasteiger partial charge in [-0.05, 0) is 46.5 Å². The van der Waals surface area contributed by atoms with E-state index in [4.69, 9.17) is 4.74 Å². The largest absolute Gasteiger partial charge is 0.444 e. The van der Waals surface area contributed by atoms with Gasteiger partial charge in [0.05, 0.1) is 17.6 Å². The zero-order chi connectivity index (χ0) is 16.2. The lowest BCUT2D eigenvalue weighted by atomic mass is 9.77. The number of fused-ring (bicyclic) bond motifs is 4. The van der Waals surface area contributed by atoms with E-state index < -0.39 is 5.60 Å². The number of ether oxygens (including phenoxy) is 1. The number of hydrogen-bond acceptors (Lipinski definition) is 4. The topological polar surface area (TPSA) is 70.2 Å². The first-order chi connectivity index (χ1) is 10.9. The molecule has 1 spiro atoms. The fraction of sp³-hybridized carbons (Fsp3) is 0.765. The second kappa shape index (κ2) is 4.97. The Balaban J connectivity index is 1.59. The van der Waals surface area contributed by atoms with Gasteiger partial charge >= 0.3 is 6.09 Å². The van der Waals surface area contributed by atoms with Crippen LogP contribution in [0.15, 0.2) is 6.33 Å². The van der Waals surface area contributed by atoms with Crippen LogP contribution in [0.2, 0.25) is 0 Å². The average molecular weight is 318 g/mol. The molecule has 23 heavy (non-hydrogen) atoms. The molecule has 4 heterocycles. The molecule has 1 aromatic heterocycles. The molecular formula is C17H26N4O2. The van der Waals surface area contributed by atoms with E-state index in [1.165, 1.54) is 11.4 Å². The van der Waals surface area contributed by atoms with E-state index in [9.17, 15) is 4.79 Å². The first-order valence-electron chi connectivity index (χ1n) is 8.67. The summed E-state index contributed by atoms with van der Waals surface area (Å²) in [6, 6.07) is 0.498. The fourth-order valence-corrected chi connectivity index (χ4v) is 4.63. The standard InChI is InChI=1S/C17H26N4O2/c1-16(2,3)23-15(22)21-11-4-5-12(21)9-17(8-11)14-13(6-7-20-17)18-10-19-14/h10-12,20H,4-9H2,1-3H3,(H,18,19). The van der Waals surface area contributed by atoms with Crippen molar-refractivity contribution in [1.82, 2.24) is 20.2 Å². The van der Waals surface area contributed by atoms with Gasteiger partial charge in [0.2, 0.25) is 0 Å². The minimum Gasteiger partial charge on any atom is -0.444 e. The van der Waals surface area contributed by atoms with Crippen molar-refractivity contribution in [3.05, 3.63) is 17.7 Å². The highest BCUT2D eigenvalue weighted by Gasteiger charge is 2.53. The Hall–Kier alpha value is -1.56. The van der Waals surface area contributed by atoms with Gasteiger partial charge in [-0.1, -0.05) is 0 Å². The second-order valence-electron chi connectivity index (χ2n) is 8.17. The van der Waals surface area contributed by atoms with Gasteiger partial charge in [-0.3, -0.25) is 0 Å². The maximum atomic E-state index is 12.6. The highest BCUT2D eigenvalue weighted by atomic mass is 16.6. The van der Waals surface area contributed by atoms with Crippen molar-refractivity contribution in [1.29, 1.82) is 0 Å². The van der Waals surface area contributed by atoms with Crippen LogP contribution in [0.4, 0.5) is 4.79 Å². The SMILES string of the molecule is CC(C)(C)OC(=O)N1C2CCC1CC1(C2)NCCc2[nH]cnc21. The van der Waals surface area contributed by atoms with Crippen LogP contribution < -0.4 is 5.32 Å². The highest BCUT2D eigenvalue weighted by molar-refractivity contribution is 5.70. The molecule has 2 fully saturated rings. The summed E-state index contributed by atoms with van der Waals surface area (Å²) in [4.78, 5) is 22.5. The van der Waals surface area contributed by atoms with Crippen LogP contribution in [0, 0.1) is 0 Å². The zero-order valence-electron chi connectivity index (χ0n) is 14.2. The van der Waals surface area contributed by atoms with Gasteiger partial charge in [0, 0.05) is 30.7 Å². The molecular weight excluding hydrogens is 292 g/mol. The van der Waals surface area contributed by atoms with Gasteiger partial charge in [-0.2, -0.15) is 0 Å². The minimum atomic E-state index is -0.440. The van der Waals surface area contributed by atoms with Crippen molar-refractivity contribution in [2.45, 2.75) is 76.1 Å². The number of carbonyl (C=O) groups excluding carboxylic acids is 1. The minimum absolute atomic E-state index is 0.0715. The van der Waals surface area contributed by atoms with Gasteiger partial charge in [-0.15, -0.1) is 0 Å². The van der Waals surface area contributed by atoms with Gasteiger partial charge < -0.3 is 19.9 Å². The highest BCUT2D eigenvalue weighted by Crippen LogP contribution is 2.47. The lowest BCUT2D eigenvalue weighted by Gasteiger charge is -2.48. The third-order valence-electron chi connectivity index (χ3n) is 5.40. The lowest BCUT2D eigenvalue weighted by Crippen LogP contribution is -2.59. The summed E-state index contributed by atoms with van der Waals surface area (Å²) < 4.78 is 5.63. The van der Waals surface area contributed by atoms with Crippen molar-refractivity contribution in [3.63, 3.8) is 0 Å². The number of H-pyrrole nitrogens is 1. The molecule has 1 aromatic rings. The Bertz CT molecular complexity index is 604. The first-order valence-corrected chi connectivity index (χ1v) is 8.67. The van der Waals surface area contributed by atoms with E-state index in [1.54, 1.807) is 0 Å². The number of nitrogens with one attached hydrogen (secondary N) is 2. The van der Waals surface area contributed by atoms with Crippen LogP contribution >= 0.6 is 0 Å². The van der Waals surface area contributed by atoms with Crippen molar-refractivity contribution >= 4 is 6.09 Å². The average Bonchev–Trinajstić information content (AvgIpc) is 3.02. The van der Waals surface area contributed by atoms with Crippen LogP contribution in [0.25, 0.3) is 0 Å². The zero-order valence-corrected chi connectivity index (χ0v) is 14.2. The van der Waals surface area contributed by atoms with Gasteiger partial charge in [0.25, 0.3) is 0 Å². The predicted octanol–water partition coefficient (Wildman–Crippen LogP) is 2.31. The molecule has 3 aliphatic rings. The Morgan fingerprint density at radius 2 is 2.04 bits per heavy atom. The third kappa shape index (κ3) is 2.43. The summed E-state index contributed by atoms with van der Waals surface area (Å²) in [7, 11) is 0. The van der Waals surface area contributed by atoms with E-state index >= 15 is 0 Å². The molecule has 0 aliphatic carbocycles. The Kier molecular flexibility index (Phi) is 3.24. The normalized spacial score (nSPS) is 32.9. The Morgan fingerprint density at radius 1 is 1.35 bits per heavy atom. The smallest absolute Gasteiger partial charge is 0.410 e. The van der Waals surface area contributed by atoms with Crippen LogP contribution in [0.1, 0.15) is 57.8 Å².